The molecule has 0 saturated carbocycles. The van der Waals surface area contributed by atoms with Gasteiger partial charge in [-0.1, -0.05) is 6.07 Å². The Morgan fingerprint density at radius 3 is 2.87 bits per heavy atom. The van der Waals surface area contributed by atoms with E-state index >= 15 is 0 Å². The number of fused-ring (bicyclic) bond motifs is 1. The maximum atomic E-state index is 5.85. The number of nitrogens with zero attached hydrogens (tertiary/aromatic N) is 1. The van der Waals surface area contributed by atoms with Crippen molar-refractivity contribution in [1.29, 1.82) is 0 Å². The van der Waals surface area contributed by atoms with Crippen LogP contribution in [0.4, 0.5) is 5.69 Å². The molecule has 0 spiro atoms. The Morgan fingerprint density at radius 2 is 2.20 bits per heavy atom. The van der Waals surface area contributed by atoms with E-state index in [9.17, 15) is 0 Å². The molecule has 0 saturated heterocycles. The van der Waals surface area contributed by atoms with Crippen LogP contribution in [0.25, 0.3) is 0 Å². The minimum Gasteiger partial charge on any atom is -0.485 e. The minimum absolute atomic E-state index is 0.0882. The van der Waals surface area contributed by atoms with Crippen LogP contribution in [-0.2, 0) is 0 Å². The highest BCUT2D eigenvalue weighted by molar-refractivity contribution is 5.61. The Kier molecular flexibility index (Phi) is 2.57. The molecule has 15 heavy (non-hydrogen) atoms. The Balaban J connectivity index is 2.40. The van der Waals surface area contributed by atoms with Crippen LogP contribution in [-0.4, -0.2) is 25.7 Å². The molecule has 0 amide bonds. The van der Waals surface area contributed by atoms with Crippen molar-refractivity contribution >= 4 is 5.69 Å². The van der Waals surface area contributed by atoms with Gasteiger partial charge in [0.15, 0.2) is 0 Å². The number of likely N-dealkylation sites (N-methyl/N-ethyl adjacent to an activating group) is 1. The SMILES string of the molecule is Cc1ccc2c(c1)N(C)C(C)C(CN)O2. The molecule has 2 atom stereocenters. The maximum absolute atomic E-state index is 5.85. The van der Waals surface area contributed by atoms with Gasteiger partial charge in [-0.3, -0.25) is 0 Å². The van der Waals surface area contributed by atoms with Gasteiger partial charge in [-0.15, -0.1) is 0 Å². The van der Waals surface area contributed by atoms with E-state index in [-0.39, 0.29) is 6.10 Å². The number of hydrogen-bond donors (Lipinski definition) is 1. The monoisotopic (exact) mass is 206 g/mol. The van der Waals surface area contributed by atoms with Crippen LogP contribution in [0.2, 0.25) is 0 Å². The lowest BCUT2D eigenvalue weighted by Crippen LogP contribution is -2.49. The first-order valence-corrected chi connectivity index (χ1v) is 5.33. The van der Waals surface area contributed by atoms with Gasteiger partial charge in [0.25, 0.3) is 0 Å². The number of ether oxygens (including phenoxy) is 1. The first-order valence-electron chi connectivity index (χ1n) is 5.33. The van der Waals surface area contributed by atoms with E-state index in [4.69, 9.17) is 10.5 Å². The van der Waals surface area contributed by atoms with Crippen molar-refractivity contribution in [2.75, 3.05) is 18.5 Å². The van der Waals surface area contributed by atoms with Crippen molar-refractivity contribution in [3.05, 3.63) is 23.8 Å². The molecular weight excluding hydrogens is 188 g/mol. The number of hydrogen-bond acceptors (Lipinski definition) is 3. The van der Waals surface area contributed by atoms with E-state index in [1.54, 1.807) is 0 Å². The number of anilines is 1. The van der Waals surface area contributed by atoms with Crippen LogP contribution in [0.3, 0.4) is 0 Å². The highest BCUT2D eigenvalue weighted by Gasteiger charge is 2.29. The predicted octanol–water partition coefficient (Wildman–Crippen LogP) is 1.54. The average molecular weight is 206 g/mol. The summed E-state index contributed by atoms with van der Waals surface area (Å²) in [5.41, 5.74) is 8.10. The summed E-state index contributed by atoms with van der Waals surface area (Å²) in [6, 6.07) is 6.56. The summed E-state index contributed by atoms with van der Waals surface area (Å²) in [6.07, 6.45) is 0.0882. The molecular formula is C12H18N2O. The normalized spacial score (nSPS) is 24.7. The molecule has 0 aliphatic carbocycles. The molecule has 2 rings (SSSR count). The smallest absolute Gasteiger partial charge is 0.143 e. The highest BCUT2D eigenvalue weighted by Crippen LogP contribution is 2.35. The van der Waals surface area contributed by atoms with E-state index in [0.717, 1.165) is 11.4 Å². The van der Waals surface area contributed by atoms with Gasteiger partial charge >= 0.3 is 0 Å². The Bertz CT molecular complexity index is 365. The molecule has 3 nitrogen and oxygen atoms in total. The van der Waals surface area contributed by atoms with Gasteiger partial charge in [0.1, 0.15) is 11.9 Å². The number of benzene rings is 1. The summed E-state index contributed by atoms with van der Waals surface area (Å²) in [7, 11) is 2.09. The molecule has 1 aromatic rings. The largest absolute Gasteiger partial charge is 0.485 e. The lowest BCUT2D eigenvalue weighted by molar-refractivity contribution is 0.168. The maximum Gasteiger partial charge on any atom is 0.143 e. The van der Waals surface area contributed by atoms with Crippen molar-refractivity contribution in [2.45, 2.75) is 26.0 Å². The van der Waals surface area contributed by atoms with Gasteiger partial charge < -0.3 is 15.4 Å². The zero-order valence-corrected chi connectivity index (χ0v) is 9.53. The molecule has 1 aliphatic heterocycles. The fraction of sp³-hybridized carbons (Fsp3) is 0.500. The number of rotatable bonds is 1. The fourth-order valence-corrected chi connectivity index (χ4v) is 1.98. The van der Waals surface area contributed by atoms with Gasteiger partial charge in [0, 0.05) is 13.6 Å². The number of aryl methyl sites for hydroxylation is 1. The second kappa shape index (κ2) is 3.74. The Morgan fingerprint density at radius 1 is 1.47 bits per heavy atom. The number of nitrogens with two attached hydrogens (primary N) is 1. The first-order chi connectivity index (χ1) is 7.13. The third-order valence-corrected chi connectivity index (χ3v) is 3.15. The summed E-state index contributed by atoms with van der Waals surface area (Å²) in [4.78, 5) is 2.24. The second-order valence-corrected chi connectivity index (χ2v) is 4.21. The van der Waals surface area contributed by atoms with Crippen molar-refractivity contribution in [1.82, 2.24) is 0 Å². The van der Waals surface area contributed by atoms with Crippen LogP contribution < -0.4 is 15.4 Å². The molecule has 0 radical (unpaired) electrons. The topological polar surface area (TPSA) is 38.5 Å². The average Bonchev–Trinajstić information content (AvgIpc) is 2.24. The summed E-state index contributed by atoms with van der Waals surface area (Å²) >= 11 is 0. The molecule has 2 unspecified atom stereocenters. The van der Waals surface area contributed by atoms with E-state index in [1.807, 2.05) is 6.07 Å². The van der Waals surface area contributed by atoms with Crippen molar-refractivity contribution in [3.63, 3.8) is 0 Å². The standard InChI is InChI=1S/C12H18N2O/c1-8-4-5-11-10(6-8)14(3)9(2)12(7-13)15-11/h4-6,9,12H,7,13H2,1-3H3. The van der Waals surface area contributed by atoms with E-state index < -0.39 is 0 Å². The van der Waals surface area contributed by atoms with Crippen LogP contribution in [0, 0.1) is 6.92 Å². The summed E-state index contributed by atoms with van der Waals surface area (Å²) in [6.45, 7) is 4.79. The zero-order chi connectivity index (χ0) is 11.0. The van der Waals surface area contributed by atoms with Crippen molar-refractivity contribution < 1.29 is 4.74 Å². The predicted molar refractivity (Wildman–Crippen MR) is 62.5 cm³/mol. The third kappa shape index (κ3) is 1.67. The summed E-state index contributed by atoms with van der Waals surface area (Å²) < 4.78 is 5.85. The van der Waals surface area contributed by atoms with Crippen LogP contribution in [0.1, 0.15) is 12.5 Å². The van der Waals surface area contributed by atoms with Gasteiger partial charge in [-0.05, 0) is 31.5 Å². The van der Waals surface area contributed by atoms with E-state index in [0.29, 0.717) is 12.6 Å². The minimum atomic E-state index is 0.0882. The van der Waals surface area contributed by atoms with E-state index in [1.165, 1.54) is 5.56 Å². The Hall–Kier alpha value is -1.22. The first kappa shape index (κ1) is 10.3. The highest BCUT2D eigenvalue weighted by atomic mass is 16.5. The quantitative estimate of drug-likeness (QED) is 0.757. The molecule has 0 aromatic heterocycles. The third-order valence-electron chi connectivity index (χ3n) is 3.15. The molecule has 1 aliphatic rings. The lowest BCUT2D eigenvalue weighted by atomic mass is 10.1. The zero-order valence-electron chi connectivity index (χ0n) is 9.53. The van der Waals surface area contributed by atoms with Crippen molar-refractivity contribution in [3.8, 4) is 5.75 Å². The second-order valence-electron chi connectivity index (χ2n) is 4.21. The van der Waals surface area contributed by atoms with Gasteiger partial charge in [-0.2, -0.15) is 0 Å². The lowest BCUT2D eigenvalue weighted by Gasteiger charge is -2.39. The molecule has 0 fully saturated rings. The molecule has 2 N–H and O–H groups in total. The molecule has 1 aromatic carbocycles. The van der Waals surface area contributed by atoms with Crippen molar-refractivity contribution in [2.24, 2.45) is 5.73 Å². The van der Waals surface area contributed by atoms with Gasteiger partial charge in [-0.25, -0.2) is 0 Å². The Labute approximate surface area is 90.8 Å². The van der Waals surface area contributed by atoms with Gasteiger partial charge in [0.05, 0.1) is 11.7 Å². The molecule has 3 heteroatoms. The van der Waals surface area contributed by atoms with Gasteiger partial charge in [0.2, 0.25) is 0 Å². The molecule has 0 bridgehead atoms. The van der Waals surface area contributed by atoms with Crippen LogP contribution in [0.5, 0.6) is 5.75 Å². The summed E-state index contributed by atoms with van der Waals surface area (Å²) in [5, 5.41) is 0. The fourth-order valence-electron chi connectivity index (χ4n) is 1.98. The summed E-state index contributed by atoms with van der Waals surface area (Å²) in [5.74, 6) is 0.941. The van der Waals surface area contributed by atoms with E-state index in [2.05, 4.69) is 37.9 Å². The van der Waals surface area contributed by atoms with Crippen LogP contribution >= 0.6 is 0 Å². The molecule has 1 heterocycles. The van der Waals surface area contributed by atoms with Crippen LogP contribution in [0.15, 0.2) is 18.2 Å². The molecule has 82 valence electrons.